The number of ether oxygens (including phenoxy) is 1. The Morgan fingerprint density at radius 1 is 1.12 bits per heavy atom. The molecule has 24 heavy (non-hydrogen) atoms. The van der Waals surface area contributed by atoms with E-state index in [1.165, 1.54) is 6.07 Å². The number of hydrogen-bond acceptors (Lipinski definition) is 4. The van der Waals surface area contributed by atoms with Gasteiger partial charge in [0.1, 0.15) is 11.8 Å². The van der Waals surface area contributed by atoms with Crippen LogP contribution in [-0.4, -0.2) is 22.6 Å². The van der Waals surface area contributed by atoms with Crippen LogP contribution in [-0.2, 0) is 10.9 Å². The van der Waals surface area contributed by atoms with Gasteiger partial charge in [-0.05, 0) is 30.2 Å². The van der Waals surface area contributed by atoms with Gasteiger partial charge in [-0.3, -0.25) is 0 Å². The van der Waals surface area contributed by atoms with Crippen molar-refractivity contribution in [2.24, 2.45) is 0 Å². The molecule has 1 N–H and O–H groups in total. The maximum Gasteiger partial charge on any atom is 0.433 e. The van der Waals surface area contributed by atoms with E-state index in [0.29, 0.717) is 18.6 Å². The van der Waals surface area contributed by atoms with E-state index in [-0.39, 0.29) is 5.95 Å². The minimum atomic E-state index is -4.58. The van der Waals surface area contributed by atoms with Crippen LogP contribution < -0.4 is 5.32 Å². The highest BCUT2D eigenvalue weighted by Gasteiger charge is 2.34. The molecule has 4 nitrogen and oxygen atoms in total. The smallest absolute Gasteiger partial charge is 0.371 e. The van der Waals surface area contributed by atoms with E-state index >= 15 is 0 Å². The summed E-state index contributed by atoms with van der Waals surface area (Å²) in [6, 6.07) is 3.66. The molecule has 1 saturated heterocycles. The predicted molar refractivity (Wildman–Crippen MR) is 74.1 cm³/mol. The second-order valence-corrected chi connectivity index (χ2v) is 5.27. The van der Waals surface area contributed by atoms with Gasteiger partial charge in [0.05, 0.1) is 6.04 Å². The highest BCUT2D eigenvalue weighted by molar-refractivity contribution is 5.31. The Labute approximate surface area is 133 Å². The summed E-state index contributed by atoms with van der Waals surface area (Å²) >= 11 is 0. The molecule has 1 fully saturated rings. The van der Waals surface area contributed by atoms with Crippen LogP contribution in [0.15, 0.2) is 30.5 Å². The Kier molecular flexibility index (Phi) is 4.35. The van der Waals surface area contributed by atoms with Gasteiger partial charge in [0, 0.05) is 12.8 Å². The highest BCUT2D eigenvalue weighted by atomic mass is 19.4. The molecule has 128 valence electrons. The second kappa shape index (κ2) is 6.31. The maximum atomic E-state index is 13.4. The minimum absolute atomic E-state index is 0.201. The molecule has 2 heterocycles. The van der Waals surface area contributed by atoms with Gasteiger partial charge in [0.15, 0.2) is 11.6 Å². The number of rotatable bonds is 3. The lowest BCUT2D eigenvalue weighted by Crippen LogP contribution is -2.25. The molecule has 1 aromatic heterocycles. The molecule has 2 aromatic rings. The fourth-order valence-electron chi connectivity index (χ4n) is 2.51. The summed E-state index contributed by atoms with van der Waals surface area (Å²) in [7, 11) is 0. The summed E-state index contributed by atoms with van der Waals surface area (Å²) in [6.45, 7) is 0.320. The normalized spacial score (nSPS) is 21.0. The summed E-state index contributed by atoms with van der Waals surface area (Å²) in [5, 5.41) is 2.77. The van der Waals surface area contributed by atoms with Gasteiger partial charge in [-0.1, -0.05) is 6.07 Å². The van der Waals surface area contributed by atoms with Crippen LogP contribution in [0.25, 0.3) is 0 Å². The lowest BCUT2D eigenvalue weighted by Gasteiger charge is -2.20. The number of anilines is 1. The van der Waals surface area contributed by atoms with E-state index in [1.54, 1.807) is 0 Å². The molecular weight excluding hydrogens is 333 g/mol. The molecule has 0 spiro atoms. The largest absolute Gasteiger partial charge is 0.433 e. The average Bonchev–Trinajstić information content (AvgIpc) is 2.97. The number of nitrogens with zero attached hydrogens (tertiary/aromatic N) is 2. The third-order valence-electron chi connectivity index (χ3n) is 3.62. The Bertz CT molecular complexity index is 737. The van der Waals surface area contributed by atoms with Gasteiger partial charge >= 0.3 is 6.18 Å². The van der Waals surface area contributed by atoms with Crippen molar-refractivity contribution in [3.63, 3.8) is 0 Å². The van der Waals surface area contributed by atoms with Crippen LogP contribution in [0.4, 0.5) is 27.9 Å². The Hall–Kier alpha value is -2.29. The molecule has 0 saturated carbocycles. The molecule has 2 unspecified atom stereocenters. The molecule has 0 radical (unpaired) electrons. The quantitative estimate of drug-likeness (QED) is 0.862. The van der Waals surface area contributed by atoms with E-state index in [4.69, 9.17) is 4.74 Å². The van der Waals surface area contributed by atoms with E-state index in [9.17, 15) is 22.0 Å². The van der Waals surface area contributed by atoms with Crippen LogP contribution in [0.3, 0.4) is 0 Å². The van der Waals surface area contributed by atoms with Crippen LogP contribution in [0.2, 0.25) is 0 Å². The van der Waals surface area contributed by atoms with Crippen LogP contribution in [0.5, 0.6) is 0 Å². The first-order valence-electron chi connectivity index (χ1n) is 7.08. The lowest BCUT2D eigenvalue weighted by atomic mass is 10.0. The number of nitrogens with one attached hydrogen (secondary N) is 1. The van der Waals surface area contributed by atoms with E-state index in [2.05, 4.69) is 15.3 Å². The molecule has 3 rings (SSSR count). The topological polar surface area (TPSA) is 47.0 Å². The van der Waals surface area contributed by atoms with Crippen molar-refractivity contribution in [1.29, 1.82) is 0 Å². The standard InChI is InChI=1S/C15H12F5N3O/c16-9-2-1-8(7-10(9)17)13-11(4-6-24-13)22-14-21-5-3-12(23-14)15(18,19)20/h1-3,5,7,11,13H,4,6H2,(H,21,22,23). The van der Waals surface area contributed by atoms with Crippen molar-refractivity contribution in [2.75, 3.05) is 11.9 Å². The van der Waals surface area contributed by atoms with E-state index < -0.39 is 35.7 Å². The first-order valence-corrected chi connectivity index (χ1v) is 7.08. The fraction of sp³-hybridized carbons (Fsp3) is 0.333. The first kappa shape index (κ1) is 16.6. The molecule has 2 atom stereocenters. The molecule has 0 aliphatic carbocycles. The number of alkyl halides is 3. The molecule has 0 bridgehead atoms. The van der Waals surface area contributed by atoms with Crippen LogP contribution >= 0.6 is 0 Å². The van der Waals surface area contributed by atoms with Crippen molar-refractivity contribution < 1.29 is 26.7 Å². The monoisotopic (exact) mass is 345 g/mol. The first-order chi connectivity index (χ1) is 11.3. The predicted octanol–water partition coefficient (Wildman–Crippen LogP) is 3.72. The third kappa shape index (κ3) is 3.45. The average molecular weight is 345 g/mol. The summed E-state index contributed by atoms with van der Waals surface area (Å²) in [5.41, 5.74) is -0.681. The zero-order chi connectivity index (χ0) is 17.3. The number of benzene rings is 1. The molecule has 0 amide bonds. The van der Waals surface area contributed by atoms with Crippen molar-refractivity contribution >= 4 is 5.95 Å². The summed E-state index contributed by atoms with van der Waals surface area (Å²) in [4.78, 5) is 7.19. The van der Waals surface area contributed by atoms with Crippen molar-refractivity contribution in [3.8, 4) is 0 Å². The summed E-state index contributed by atoms with van der Waals surface area (Å²) in [6.07, 6.45) is -3.76. The molecule has 1 aromatic carbocycles. The van der Waals surface area contributed by atoms with Gasteiger partial charge in [-0.25, -0.2) is 18.7 Å². The van der Waals surface area contributed by atoms with Gasteiger partial charge in [-0.15, -0.1) is 0 Å². The molecule has 1 aliphatic heterocycles. The van der Waals surface area contributed by atoms with Crippen molar-refractivity contribution in [1.82, 2.24) is 9.97 Å². The zero-order valence-electron chi connectivity index (χ0n) is 12.1. The van der Waals surface area contributed by atoms with Crippen LogP contribution in [0, 0.1) is 11.6 Å². The SMILES string of the molecule is Fc1ccc(C2OCCC2Nc2nccc(C(F)(F)F)n2)cc1F. The molecule has 9 heteroatoms. The highest BCUT2D eigenvalue weighted by Crippen LogP contribution is 2.32. The van der Waals surface area contributed by atoms with Crippen molar-refractivity contribution in [3.05, 3.63) is 53.4 Å². The second-order valence-electron chi connectivity index (χ2n) is 5.27. The van der Waals surface area contributed by atoms with Crippen molar-refractivity contribution in [2.45, 2.75) is 24.7 Å². The lowest BCUT2D eigenvalue weighted by molar-refractivity contribution is -0.141. The van der Waals surface area contributed by atoms with Gasteiger partial charge < -0.3 is 10.1 Å². The third-order valence-corrected chi connectivity index (χ3v) is 3.62. The van der Waals surface area contributed by atoms with Crippen LogP contribution in [0.1, 0.15) is 23.8 Å². The number of halogens is 5. The molecule has 1 aliphatic rings. The Morgan fingerprint density at radius 2 is 1.92 bits per heavy atom. The van der Waals surface area contributed by atoms with Gasteiger partial charge in [0.2, 0.25) is 5.95 Å². The number of aromatic nitrogens is 2. The van der Waals surface area contributed by atoms with Gasteiger partial charge in [-0.2, -0.15) is 13.2 Å². The fourth-order valence-corrected chi connectivity index (χ4v) is 2.51. The number of hydrogen-bond donors (Lipinski definition) is 1. The minimum Gasteiger partial charge on any atom is -0.371 e. The summed E-state index contributed by atoms with van der Waals surface area (Å²) in [5.74, 6) is -2.20. The zero-order valence-corrected chi connectivity index (χ0v) is 12.1. The molecular formula is C15H12F5N3O. The van der Waals surface area contributed by atoms with E-state index in [1.807, 2.05) is 0 Å². The Balaban J connectivity index is 1.80. The Morgan fingerprint density at radius 3 is 2.62 bits per heavy atom. The van der Waals surface area contributed by atoms with Gasteiger partial charge in [0.25, 0.3) is 0 Å². The van der Waals surface area contributed by atoms with E-state index in [0.717, 1.165) is 24.4 Å². The summed E-state index contributed by atoms with van der Waals surface area (Å²) < 4.78 is 69.9. The maximum absolute atomic E-state index is 13.4.